The van der Waals surface area contributed by atoms with Crippen LogP contribution in [0.5, 0.6) is 0 Å². The molecule has 4 heterocycles. The molecular weight excluding hydrogens is 754 g/mol. The average molecular weight is 778 g/mol. The van der Waals surface area contributed by atoms with E-state index in [1.807, 2.05) is 30.3 Å². The molecule has 0 saturated carbocycles. The molecule has 21 heteroatoms. The van der Waals surface area contributed by atoms with Crippen LogP contribution >= 0.6 is 0 Å². The Balaban J connectivity index is 1.19. The lowest BCUT2D eigenvalue weighted by atomic mass is 9.85. The topological polar surface area (TPSA) is 282 Å². The van der Waals surface area contributed by atoms with Crippen molar-refractivity contribution in [3.8, 4) is 22.5 Å². The van der Waals surface area contributed by atoms with Crippen LogP contribution in [0.15, 0.2) is 70.6 Å². The van der Waals surface area contributed by atoms with Gasteiger partial charge >= 0.3 is 11.9 Å². The van der Waals surface area contributed by atoms with Gasteiger partial charge in [-0.05, 0) is 31.5 Å². The third-order valence-corrected chi connectivity index (χ3v) is 10.1. The Bertz CT molecular complexity index is 2750. The van der Waals surface area contributed by atoms with Crippen molar-refractivity contribution in [1.82, 2.24) is 9.55 Å². The summed E-state index contributed by atoms with van der Waals surface area (Å²) in [6, 6.07) is 13.6. The van der Waals surface area contributed by atoms with Crippen molar-refractivity contribution in [3.05, 3.63) is 139 Å². The van der Waals surface area contributed by atoms with Gasteiger partial charge in [-0.25, -0.2) is 14.6 Å². The minimum Gasteiger partial charge on any atom is -0.457 e. The number of nitro groups is 4. The van der Waals surface area contributed by atoms with E-state index in [2.05, 4.69) is 5.16 Å². The Morgan fingerprint density at radius 2 is 1.53 bits per heavy atom. The highest BCUT2D eigenvalue weighted by Crippen LogP contribution is 2.50. The maximum Gasteiger partial charge on any atom is 0.355 e. The van der Waals surface area contributed by atoms with Crippen LogP contribution in [-0.2, 0) is 42.7 Å². The molecule has 0 unspecified atom stereocenters. The number of carbonyl (C=O) groups excluding carboxylic acids is 2. The first kappa shape index (κ1) is 36.0. The molecule has 0 radical (unpaired) electrons. The number of ether oxygens (including phenoxy) is 2. The zero-order chi connectivity index (χ0) is 40.7. The van der Waals surface area contributed by atoms with E-state index in [0.29, 0.717) is 29.0 Å². The van der Waals surface area contributed by atoms with Gasteiger partial charge in [0, 0.05) is 39.8 Å². The van der Waals surface area contributed by atoms with Crippen molar-refractivity contribution in [2.24, 2.45) is 5.16 Å². The number of non-ortho nitro benzene ring substituents is 2. The molecule has 0 spiro atoms. The molecular formula is C36H23N7O14. The molecule has 3 aromatic carbocycles. The molecule has 57 heavy (non-hydrogen) atoms. The molecule has 3 aliphatic rings. The van der Waals surface area contributed by atoms with Gasteiger partial charge < -0.3 is 18.9 Å². The van der Waals surface area contributed by atoms with Gasteiger partial charge in [0.15, 0.2) is 0 Å². The third kappa shape index (κ3) is 5.42. The summed E-state index contributed by atoms with van der Waals surface area (Å²) in [4.78, 5) is 95.3. The second-order valence-electron chi connectivity index (χ2n) is 13.2. The molecule has 2 atom stereocenters. The van der Waals surface area contributed by atoms with Gasteiger partial charge in [-0.2, -0.15) is 0 Å². The molecule has 5 aromatic rings. The molecule has 2 aliphatic heterocycles. The summed E-state index contributed by atoms with van der Waals surface area (Å²) in [7, 11) is 0. The number of hydrogen-bond acceptors (Lipinski definition) is 16. The highest BCUT2D eigenvalue weighted by Gasteiger charge is 2.51. The fourth-order valence-corrected chi connectivity index (χ4v) is 7.38. The molecule has 0 fully saturated rings. The SMILES string of the molecule is CC[C@@]1(OC(=O)[C@@H](C)ON=C2c3cc([N+](=O)[O-])cc([N+](=O)[O-])c3-c3c2cc([N+](=O)[O-])cc3[N+](=O)[O-])C(=O)OCc2c1cc1n(c2=O)Cc2cc3ccccc3nc2-1. The van der Waals surface area contributed by atoms with Crippen LogP contribution in [0.4, 0.5) is 22.7 Å². The Morgan fingerprint density at radius 1 is 0.912 bits per heavy atom. The second-order valence-corrected chi connectivity index (χ2v) is 13.2. The predicted molar refractivity (Wildman–Crippen MR) is 193 cm³/mol. The minimum absolute atomic E-state index is 0.0599. The minimum atomic E-state index is -2.17. The van der Waals surface area contributed by atoms with Crippen molar-refractivity contribution in [2.75, 3.05) is 0 Å². The second kappa shape index (κ2) is 12.8. The molecule has 8 rings (SSSR count). The summed E-state index contributed by atoms with van der Waals surface area (Å²) < 4.78 is 12.7. The lowest BCUT2D eigenvalue weighted by Gasteiger charge is -2.36. The molecule has 0 amide bonds. The monoisotopic (exact) mass is 777 g/mol. The summed E-state index contributed by atoms with van der Waals surface area (Å²) in [6.07, 6.45) is -1.95. The standard InChI is InChI=1S/C36H23N7O14/c1-3-36(24-13-28-31-18(8-17-6-4-5-7-25(17)37-31)14-39(28)33(44)23(24)15-55-35(36)46)56-34(45)16(2)57-38-32-21-9-19(40(47)48)11-26(42(51)52)29(21)30-22(32)10-20(41(49)50)12-27(30)43(53)54/h4-13,16H,3,14-15H2,1-2H3/t16-,36+/m1/s1. The molecule has 2 aromatic heterocycles. The largest absolute Gasteiger partial charge is 0.457 e. The Labute approximate surface area is 316 Å². The van der Waals surface area contributed by atoms with Crippen LogP contribution in [0.2, 0.25) is 0 Å². The first-order chi connectivity index (χ1) is 27.1. The van der Waals surface area contributed by atoms with Crippen molar-refractivity contribution in [2.45, 2.75) is 45.1 Å². The van der Waals surface area contributed by atoms with Crippen LogP contribution < -0.4 is 5.56 Å². The quantitative estimate of drug-likeness (QED) is 0.105. The van der Waals surface area contributed by atoms with Gasteiger partial charge in [-0.15, -0.1) is 0 Å². The van der Waals surface area contributed by atoms with E-state index in [4.69, 9.17) is 19.3 Å². The molecule has 21 nitrogen and oxygen atoms in total. The maximum absolute atomic E-state index is 13.9. The summed E-state index contributed by atoms with van der Waals surface area (Å²) >= 11 is 0. The van der Waals surface area contributed by atoms with Gasteiger partial charge in [0.2, 0.25) is 11.7 Å². The van der Waals surface area contributed by atoms with E-state index in [9.17, 15) is 54.8 Å². The van der Waals surface area contributed by atoms with Crippen LogP contribution in [0, 0.1) is 40.5 Å². The van der Waals surface area contributed by atoms with E-state index in [1.165, 1.54) is 11.5 Å². The van der Waals surface area contributed by atoms with Gasteiger partial charge in [0.1, 0.15) is 12.3 Å². The lowest BCUT2D eigenvalue weighted by molar-refractivity contribution is -0.395. The summed E-state index contributed by atoms with van der Waals surface area (Å²) in [6.45, 7) is 2.44. The van der Waals surface area contributed by atoms with Crippen molar-refractivity contribution >= 4 is 51.3 Å². The first-order valence-corrected chi connectivity index (χ1v) is 16.9. The summed E-state index contributed by atoms with van der Waals surface area (Å²) in [5.74, 6) is -2.22. The number of oxime groups is 1. The number of para-hydroxylation sites is 1. The number of cyclic esters (lactones) is 1. The number of fused-ring (bicyclic) bond motifs is 8. The zero-order valence-corrected chi connectivity index (χ0v) is 29.3. The number of pyridine rings is 2. The predicted octanol–water partition coefficient (Wildman–Crippen LogP) is 5.10. The fraction of sp³-hybridized carbons (Fsp3) is 0.194. The number of carbonyl (C=O) groups is 2. The normalized spacial score (nSPS) is 16.3. The maximum atomic E-state index is 13.9. The number of nitrogens with zero attached hydrogens (tertiary/aromatic N) is 7. The highest BCUT2D eigenvalue weighted by atomic mass is 16.7. The number of rotatable bonds is 9. The fourth-order valence-electron chi connectivity index (χ4n) is 7.38. The summed E-state index contributed by atoms with van der Waals surface area (Å²) in [5.41, 5.74) is -6.20. The lowest BCUT2D eigenvalue weighted by Crippen LogP contribution is -2.48. The number of esters is 2. The van der Waals surface area contributed by atoms with E-state index >= 15 is 0 Å². The molecule has 1 aliphatic carbocycles. The third-order valence-electron chi connectivity index (χ3n) is 10.1. The average Bonchev–Trinajstić information content (AvgIpc) is 3.70. The van der Waals surface area contributed by atoms with E-state index in [0.717, 1.165) is 30.0 Å². The van der Waals surface area contributed by atoms with Gasteiger partial charge in [-0.1, -0.05) is 30.3 Å². The van der Waals surface area contributed by atoms with Crippen LogP contribution in [0.3, 0.4) is 0 Å². The van der Waals surface area contributed by atoms with E-state index in [1.54, 1.807) is 6.07 Å². The van der Waals surface area contributed by atoms with Crippen LogP contribution in [-0.4, -0.2) is 53.0 Å². The highest BCUT2D eigenvalue weighted by molar-refractivity contribution is 6.27. The van der Waals surface area contributed by atoms with E-state index in [-0.39, 0.29) is 24.1 Å². The van der Waals surface area contributed by atoms with Crippen molar-refractivity contribution in [1.29, 1.82) is 0 Å². The smallest absolute Gasteiger partial charge is 0.355 e. The number of benzene rings is 3. The van der Waals surface area contributed by atoms with Crippen LogP contribution in [0.25, 0.3) is 33.4 Å². The van der Waals surface area contributed by atoms with E-state index < -0.39 is 106 Å². The Kier molecular flexibility index (Phi) is 8.10. The summed E-state index contributed by atoms with van der Waals surface area (Å²) in [5, 5.41) is 52.6. The van der Waals surface area contributed by atoms with Crippen molar-refractivity contribution in [3.63, 3.8) is 0 Å². The number of aromatic nitrogens is 2. The first-order valence-electron chi connectivity index (χ1n) is 16.9. The van der Waals surface area contributed by atoms with Gasteiger partial charge in [0.25, 0.3) is 28.3 Å². The van der Waals surface area contributed by atoms with Gasteiger partial charge in [-0.3, -0.25) is 45.3 Å². The molecule has 0 bridgehead atoms. The van der Waals surface area contributed by atoms with Crippen LogP contribution in [0.1, 0.15) is 48.1 Å². The Hall–Kier alpha value is -7.97. The van der Waals surface area contributed by atoms with Gasteiger partial charge in [0.05, 0.1) is 72.0 Å². The zero-order valence-electron chi connectivity index (χ0n) is 29.3. The number of hydrogen-bond donors (Lipinski definition) is 0. The van der Waals surface area contributed by atoms with Crippen molar-refractivity contribution < 1.29 is 43.6 Å². The molecule has 0 saturated heterocycles. The molecule has 0 N–H and O–H groups in total. The Morgan fingerprint density at radius 3 is 2.11 bits per heavy atom. The number of nitro benzene ring substituents is 4. The molecule has 286 valence electrons.